The van der Waals surface area contributed by atoms with E-state index < -0.39 is 27.7 Å². The number of rotatable bonds is 4. The van der Waals surface area contributed by atoms with E-state index in [4.69, 9.17) is 0 Å². The van der Waals surface area contributed by atoms with Gasteiger partial charge in [0.05, 0.1) is 0 Å². The third-order valence-electron chi connectivity index (χ3n) is 3.21. The fourth-order valence-corrected chi connectivity index (χ4v) is 2.55. The van der Waals surface area contributed by atoms with Gasteiger partial charge in [-0.2, -0.15) is 0 Å². The fraction of sp³-hybridized carbons (Fsp3) is 0.278. The zero-order valence-electron chi connectivity index (χ0n) is 13.4. The van der Waals surface area contributed by atoms with E-state index in [1.165, 1.54) is 18.2 Å². The first-order valence-electron chi connectivity index (χ1n) is 7.30. The Morgan fingerprint density at radius 1 is 1.17 bits per heavy atom. The van der Waals surface area contributed by atoms with Crippen molar-refractivity contribution in [1.29, 1.82) is 0 Å². The summed E-state index contributed by atoms with van der Waals surface area (Å²) in [6, 6.07) is 13.7. The van der Waals surface area contributed by atoms with Gasteiger partial charge in [-0.3, -0.25) is 0 Å². The van der Waals surface area contributed by atoms with Crippen LogP contribution in [-0.4, -0.2) is 20.1 Å². The topological polar surface area (TPSA) is 55.7 Å². The van der Waals surface area contributed by atoms with Crippen LogP contribution in [0, 0.1) is 5.82 Å². The van der Waals surface area contributed by atoms with Crippen LogP contribution in [0.5, 0.6) is 5.75 Å². The number of halogens is 1. The fourth-order valence-electron chi connectivity index (χ4n) is 1.91. The maximum Gasteiger partial charge on any atom is 0.164 e. The highest BCUT2D eigenvalue weighted by molar-refractivity contribution is 7.91. The largest absolute Gasteiger partial charge is 0.591 e. The van der Waals surface area contributed by atoms with Crippen molar-refractivity contribution in [3.63, 3.8) is 0 Å². The van der Waals surface area contributed by atoms with Crippen LogP contribution >= 0.6 is 0 Å². The molecule has 1 N–H and O–H groups in total. The first-order valence-corrected chi connectivity index (χ1v) is 8.40. The lowest BCUT2D eigenvalue weighted by Crippen LogP contribution is -2.27. The van der Waals surface area contributed by atoms with Gasteiger partial charge in [0, 0.05) is 12.0 Å². The molecule has 0 aromatic heterocycles. The monoisotopic (exact) mass is 333 g/mol. The van der Waals surface area contributed by atoms with Crippen LogP contribution < -0.4 is 0 Å². The van der Waals surface area contributed by atoms with E-state index in [1.54, 1.807) is 0 Å². The average Bonchev–Trinajstić information content (AvgIpc) is 2.49. The van der Waals surface area contributed by atoms with Crippen molar-refractivity contribution in [2.75, 3.05) is 0 Å². The second-order valence-corrected chi connectivity index (χ2v) is 8.13. The number of hydrogen-bond donors (Lipinski definition) is 1. The quantitative estimate of drug-likeness (QED) is 0.678. The minimum Gasteiger partial charge on any atom is -0.591 e. The molecule has 2 aromatic carbocycles. The third-order valence-corrected chi connectivity index (χ3v) is 4.64. The molecule has 0 aliphatic heterocycles. The van der Waals surface area contributed by atoms with Crippen LogP contribution in [0.3, 0.4) is 0 Å². The highest BCUT2D eigenvalue weighted by atomic mass is 32.2. The van der Waals surface area contributed by atoms with E-state index in [2.05, 4.69) is 4.40 Å². The molecule has 0 spiro atoms. The molecule has 2 rings (SSSR count). The van der Waals surface area contributed by atoms with E-state index in [1.807, 2.05) is 51.1 Å². The molecule has 2 aromatic rings. The minimum absolute atomic E-state index is 0.440. The van der Waals surface area contributed by atoms with Gasteiger partial charge in [0.15, 0.2) is 11.6 Å². The standard InChI is InChI=1S/C18H20FNO2S/c1-18(2,3)23(22)20-16(11-13-7-5-4-6-8-13)14-9-10-15(19)17(21)12-14/h4-10,12,21H,11H2,1-3H3. The predicted molar refractivity (Wildman–Crippen MR) is 92.6 cm³/mol. The van der Waals surface area contributed by atoms with Crippen LogP contribution in [0.25, 0.3) is 0 Å². The average molecular weight is 333 g/mol. The van der Waals surface area contributed by atoms with Crippen LogP contribution in [-0.2, 0) is 17.8 Å². The van der Waals surface area contributed by atoms with Crippen LogP contribution in [0.15, 0.2) is 52.9 Å². The summed E-state index contributed by atoms with van der Waals surface area (Å²) in [4.78, 5) is 0. The van der Waals surface area contributed by atoms with Crippen molar-refractivity contribution in [3.05, 3.63) is 65.5 Å². The molecule has 0 amide bonds. The number of phenolic OH excluding ortho intramolecular Hbond substituents is 1. The lowest BCUT2D eigenvalue weighted by Gasteiger charge is -2.19. The zero-order valence-corrected chi connectivity index (χ0v) is 14.2. The lowest BCUT2D eigenvalue weighted by atomic mass is 10.0. The lowest BCUT2D eigenvalue weighted by molar-refractivity contribution is 0.432. The summed E-state index contributed by atoms with van der Waals surface area (Å²) in [6.45, 7) is 5.53. The van der Waals surface area contributed by atoms with Crippen molar-refractivity contribution in [1.82, 2.24) is 0 Å². The smallest absolute Gasteiger partial charge is 0.164 e. The normalized spacial score (nSPS) is 13.9. The highest BCUT2D eigenvalue weighted by Gasteiger charge is 2.27. The molecule has 0 aliphatic carbocycles. The molecule has 0 saturated heterocycles. The zero-order chi connectivity index (χ0) is 17.0. The van der Waals surface area contributed by atoms with Gasteiger partial charge in [-0.15, -0.1) is 0 Å². The van der Waals surface area contributed by atoms with E-state index in [0.717, 1.165) is 5.56 Å². The summed E-state index contributed by atoms with van der Waals surface area (Å²) >= 11 is -1.44. The predicted octanol–water partition coefficient (Wildman–Crippen LogP) is 4.03. The number of aromatic hydroxyl groups is 1. The molecule has 0 saturated carbocycles. The second kappa shape index (κ2) is 7.15. The molecule has 0 bridgehead atoms. The van der Waals surface area contributed by atoms with Crippen molar-refractivity contribution in [2.24, 2.45) is 4.40 Å². The molecule has 0 heterocycles. The van der Waals surface area contributed by atoms with E-state index in [0.29, 0.717) is 17.7 Å². The number of nitrogens with zero attached hydrogens (tertiary/aromatic N) is 1. The van der Waals surface area contributed by atoms with Crippen LogP contribution in [0.1, 0.15) is 31.9 Å². The minimum atomic E-state index is -1.44. The Kier molecular flexibility index (Phi) is 5.44. The van der Waals surface area contributed by atoms with E-state index in [9.17, 15) is 14.0 Å². The molecule has 0 radical (unpaired) electrons. The SMILES string of the molecule is CC(C)(C)[S+]([O-])N=C(Cc1ccccc1)c1ccc(F)c(O)c1. The van der Waals surface area contributed by atoms with Gasteiger partial charge in [-0.25, -0.2) is 4.39 Å². The van der Waals surface area contributed by atoms with Crippen molar-refractivity contribution in [3.8, 4) is 5.75 Å². The molecule has 0 fully saturated rings. The molecule has 23 heavy (non-hydrogen) atoms. The first kappa shape index (κ1) is 17.5. The van der Waals surface area contributed by atoms with Crippen molar-refractivity contribution in [2.45, 2.75) is 31.9 Å². The van der Waals surface area contributed by atoms with Gasteiger partial charge in [0.25, 0.3) is 0 Å². The van der Waals surface area contributed by atoms with Crippen molar-refractivity contribution >= 4 is 17.1 Å². The first-order chi connectivity index (χ1) is 10.8. The van der Waals surface area contributed by atoms with E-state index >= 15 is 0 Å². The molecule has 3 nitrogen and oxygen atoms in total. The Morgan fingerprint density at radius 2 is 1.83 bits per heavy atom. The third kappa shape index (κ3) is 4.81. The van der Waals surface area contributed by atoms with Gasteiger partial charge in [0.1, 0.15) is 21.8 Å². The van der Waals surface area contributed by atoms with Crippen molar-refractivity contribution < 1.29 is 14.0 Å². The molecule has 0 aliphatic rings. The summed E-state index contributed by atoms with van der Waals surface area (Å²) in [6.07, 6.45) is 0.452. The Morgan fingerprint density at radius 3 is 2.39 bits per heavy atom. The number of hydrogen-bond acceptors (Lipinski definition) is 3. The Balaban J connectivity index is 2.42. The van der Waals surface area contributed by atoms with Gasteiger partial charge < -0.3 is 9.66 Å². The Bertz CT molecular complexity index is 696. The Labute approximate surface area is 139 Å². The van der Waals surface area contributed by atoms with Gasteiger partial charge in [-0.05, 0) is 44.5 Å². The maximum atomic E-state index is 13.3. The molecular formula is C18H20FNO2S. The summed E-state index contributed by atoms with van der Waals surface area (Å²) in [5.74, 6) is -1.13. The molecule has 1 unspecified atom stereocenters. The van der Waals surface area contributed by atoms with E-state index in [-0.39, 0.29) is 0 Å². The second-order valence-electron chi connectivity index (χ2n) is 6.23. The van der Waals surface area contributed by atoms with Gasteiger partial charge in [0.2, 0.25) is 0 Å². The number of benzene rings is 2. The van der Waals surface area contributed by atoms with Crippen LogP contribution in [0.4, 0.5) is 4.39 Å². The van der Waals surface area contributed by atoms with Gasteiger partial charge >= 0.3 is 0 Å². The summed E-state index contributed by atoms with van der Waals surface area (Å²) < 4.78 is 29.5. The summed E-state index contributed by atoms with van der Waals surface area (Å²) in [5.41, 5.74) is 2.12. The maximum absolute atomic E-state index is 13.3. The Hall–Kier alpha value is -1.85. The number of phenols is 1. The van der Waals surface area contributed by atoms with Gasteiger partial charge in [-0.1, -0.05) is 34.7 Å². The molecular weight excluding hydrogens is 313 g/mol. The summed E-state index contributed by atoms with van der Waals surface area (Å²) in [7, 11) is 0. The molecule has 1 atom stereocenters. The molecule has 122 valence electrons. The van der Waals surface area contributed by atoms with Crippen LogP contribution in [0.2, 0.25) is 0 Å². The summed E-state index contributed by atoms with van der Waals surface area (Å²) in [5, 5.41) is 9.60. The molecule has 5 heteroatoms. The highest BCUT2D eigenvalue weighted by Crippen LogP contribution is 2.22.